The lowest BCUT2D eigenvalue weighted by Crippen LogP contribution is -2.13. The molecular formula is C51H32N4O2. The van der Waals surface area contributed by atoms with E-state index in [1.54, 1.807) is 0 Å². The maximum Gasteiger partial charge on any atom is 0.164 e. The highest BCUT2D eigenvalue weighted by atomic mass is 16.5. The molecule has 12 rings (SSSR count). The maximum atomic E-state index is 6.86. The van der Waals surface area contributed by atoms with E-state index in [9.17, 15) is 0 Å². The molecule has 0 radical (unpaired) electrons. The Labute approximate surface area is 328 Å². The van der Waals surface area contributed by atoms with Crippen molar-refractivity contribution in [2.24, 2.45) is 0 Å². The molecule has 7 aromatic carbocycles. The molecule has 6 nitrogen and oxygen atoms in total. The largest absolute Gasteiger partial charge is 0.484 e. The fraction of sp³-hybridized carbons (Fsp3) is 0.0392. The number of ether oxygens (including phenoxy) is 1. The van der Waals surface area contributed by atoms with Crippen LogP contribution in [0, 0.1) is 0 Å². The van der Waals surface area contributed by atoms with Gasteiger partial charge in [-0.05, 0) is 71.8 Å². The average molecular weight is 733 g/mol. The Morgan fingerprint density at radius 2 is 1.07 bits per heavy atom. The summed E-state index contributed by atoms with van der Waals surface area (Å²) in [6.45, 7) is 0. The normalized spacial score (nSPS) is 15.4. The Morgan fingerprint density at radius 1 is 0.474 bits per heavy atom. The van der Waals surface area contributed by atoms with Gasteiger partial charge in [0.05, 0.1) is 11.2 Å². The second kappa shape index (κ2) is 12.5. The molecule has 268 valence electrons. The molecule has 3 aromatic heterocycles. The number of nitrogens with zero attached hydrogens (tertiary/aromatic N) is 4. The van der Waals surface area contributed by atoms with Crippen LogP contribution in [0.1, 0.15) is 28.8 Å². The van der Waals surface area contributed by atoms with Crippen LogP contribution in [-0.4, -0.2) is 19.5 Å². The van der Waals surface area contributed by atoms with E-state index in [2.05, 4.69) is 156 Å². The van der Waals surface area contributed by atoms with Gasteiger partial charge in [0.2, 0.25) is 0 Å². The number of hydrogen-bond acceptors (Lipinski definition) is 5. The topological polar surface area (TPSA) is 66.0 Å². The molecule has 0 saturated carbocycles. The first-order valence-electron chi connectivity index (χ1n) is 19.3. The van der Waals surface area contributed by atoms with Crippen LogP contribution in [0.25, 0.3) is 89.9 Å². The lowest BCUT2D eigenvalue weighted by atomic mass is 9.85. The number of rotatable bonds is 5. The zero-order chi connectivity index (χ0) is 37.5. The monoisotopic (exact) mass is 732 g/mol. The Balaban J connectivity index is 0.974. The highest BCUT2D eigenvalue weighted by Crippen LogP contribution is 2.53. The smallest absolute Gasteiger partial charge is 0.164 e. The summed E-state index contributed by atoms with van der Waals surface area (Å²) in [4.78, 5) is 15.4. The predicted octanol–water partition coefficient (Wildman–Crippen LogP) is 12.6. The van der Waals surface area contributed by atoms with E-state index >= 15 is 0 Å². The van der Waals surface area contributed by atoms with E-state index in [0.717, 1.165) is 72.5 Å². The highest BCUT2D eigenvalue weighted by Gasteiger charge is 2.40. The van der Waals surface area contributed by atoms with Gasteiger partial charge in [-0.1, -0.05) is 121 Å². The summed E-state index contributed by atoms with van der Waals surface area (Å²) in [6.07, 6.45) is 4.40. The summed E-state index contributed by atoms with van der Waals surface area (Å²) in [7, 11) is 0. The van der Waals surface area contributed by atoms with Crippen molar-refractivity contribution in [1.82, 2.24) is 19.5 Å². The van der Waals surface area contributed by atoms with Gasteiger partial charge < -0.3 is 13.7 Å². The van der Waals surface area contributed by atoms with Gasteiger partial charge in [0.25, 0.3) is 0 Å². The number of aromatic nitrogens is 4. The van der Waals surface area contributed by atoms with Gasteiger partial charge in [-0.3, -0.25) is 0 Å². The van der Waals surface area contributed by atoms with Crippen molar-refractivity contribution in [3.05, 3.63) is 193 Å². The Hall–Kier alpha value is -7.57. The van der Waals surface area contributed by atoms with E-state index in [0.29, 0.717) is 17.5 Å². The van der Waals surface area contributed by atoms with Crippen molar-refractivity contribution < 1.29 is 9.15 Å². The van der Waals surface area contributed by atoms with Crippen molar-refractivity contribution >= 4 is 38.9 Å². The number of hydrogen-bond donors (Lipinski definition) is 0. The Morgan fingerprint density at radius 3 is 1.88 bits per heavy atom. The van der Waals surface area contributed by atoms with Gasteiger partial charge in [-0.15, -0.1) is 0 Å². The van der Waals surface area contributed by atoms with E-state index in [-0.39, 0.29) is 12.0 Å². The van der Waals surface area contributed by atoms with Gasteiger partial charge in [-0.25, -0.2) is 15.0 Å². The van der Waals surface area contributed by atoms with Crippen LogP contribution < -0.4 is 4.74 Å². The summed E-state index contributed by atoms with van der Waals surface area (Å²) in [5, 5.41) is 3.35. The molecule has 0 spiro atoms. The van der Waals surface area contributed by atoms with Crippen LogP contribution >= 0.6 is 0 Å². The third-order valence-electron chi connectivity index (χ3n) is 11.4. The van der Waals surface area contributed by atoms with Crippen LogP contribution in [0.4, 0.5) is 0 Å². The van der Waals surface area contributed by atoms with Crippen LogP contribution in [-0.2, 0) is 0 Å². The lowest BCUT2D eigenvalue weighted by Gasteiger charge is -2.22. The summed E-state index contributed by atoms with van der Waals surface area (Å²) >= 11 is 0. The molecule has 1 aliphatic heterocycles. The Kier molecular flexibility index (Phi) is 6.95. The van der Waals surface area contributed by atoms with Gasteiger partial charge >= 0.3 is 0 Å². The SMILES string of the molecule is C1=CC2c3cc(-c4nc(-c5ccc(-c6ccccc6)cc5)nc(-c5ccc6c(c5)oc5ccccc56)n4)ccc3OC2c2c1n(-c1ccccc1)c1ccccc21. The van der Waals surface area contributed by atoms with Crippen molar-refractivity contribution in [2.75, 3.05) is 0 Å². The number of para-hydroxylation sites is 3. The van der Waals surface area contributed by atoms with Gasteiger partial charge in [0.15, 0.2) is 17.5 Å². The van der Waals surface area contributed by atoms with Gasteiger partial charge in [0, 0.05) is 55.6 Å². The maximum absolute atomic E-state index is 6.86. The highest BCUT2D eigenvalue weighted by molar-refractivity contribution is 6.05. The summed E-state index contributed by atoms with van der Waals surface area (Å²) in [6, 6.07) is 58.7. The van der Waals surface area contributed by atoms with E-state index in [4.69, 9.17) is 24.1 Å². The number of fused-ring (bicyclic) bond motifs is 10. The van der Waals surface area contributed by atoms with Crippen molar-refractivity contribution in [3.8, 4) is 56.7 Å². The molecule has 2 aliphatic rings. The number of furan rings is 1. The number of benzene rings is 7. The van der Waals surface area contributed by atoms with Crippen molar-refractivity contribution in [2.45, 2.75) is 12.0 Å². The fourth-order valence-corrected chi connectivity index (χ4v) is 8.74. The lowest BCUT2D eigenvalue weighted by molar-refractivity contribution is 0.224. The van der Waals surface area contributed by atoms with E-state index < -0.39 is 0 Å². The predicted molar refractivity (Wildman–Crippen MR) is 227 cm³/mol. The molecule has 2 atom stereocenters. The Bertz CT molecular complexity index is 3220. The van der Waals surface area contributed by atoms with E-state index in [1.165, 1.54) is 16.5 Å². The second-order valence-electron chi connectivity index (χ2n) is 14.7. The molecule has 10 aromatic rings. The second-order valence-corrected chi connectivity index (χ2v) is 14.7. The third kappa shape index (κ3) is 5.07. The molecular weight excluding hydrogens is 701 g/mol. The molecule has 6 heteroatoms. The zero-order valence-electron chi connectivity index (χ0n) is 30.6. The molecule has 4 heterocycles. The van der Waals surface area contributed by atoms with Crippen LogP contribution in [0.2, 0.25) is 0 Å². The quantitative estimate of drug-likeness (QED) is 0.176. The van der Waals surface area contributed by atoms with Gasteiger partial charge in [0.1, 0.15) is 23.0 Å². The molecule has 0 amide bonds. The first-order chi connectivity index (χ1) is 28.2. The third-order valence-corrected chi connectivity index (χ3v) is 11.4. The minimum absolute atomic E-state index is 0.0317. The minimum Gasteiger partial charge on any atom is -0.484 e. The van der Waals surface area contributed by atoms with Crippen molar-refractivity contribution in [1.29, 1.82) is 0 Å². The first-order valence-corrected chi connectivity index (χ1v) is 19.3. The van der Waals surface area contributed by atoms with Crippen molar-refractivity contribution in [3.63, 3.8) is 0 Å². The van der Waals surface area contributed by atoms with Crippen LogP contribution in [0.5, 0.6) is 5.75 Å². The molecule has 0 N–H and O–H groups in total. The summed E-state index contributed by atoms with van der Waals surface area (Å²) < 4.78 is 15.5. The molecule has 57 heavy (non-hydrogen) atoms. The van der Waals surface area contributed by atoms with Crippen LogP contribution in [0.3, 0.4) is 0 Å². The molecule has 2 unspecified atom stereocenters. The molecule has 1 aliphatic carbocycles. The summed E-state index contributed by atoms with van der Waals surface area (Å²) in [5.74, 6) is 2.69. The summed E-state index contributed by atoms with van der Waals surface area (Å²) in [5.41, 5.74) is 12.4. The molecule has 0 saturated heterocycles. The molecule has 0 bridgehead atoms. The molecule has 0 fully saturated rings. The van der Waals surface area contributed by atoms with Crippen LogP contribution in [0.15, 0.2) is 180 Å². The average Bonchev–Trinajstić information content (AvgIpc) is 3.96. The fourth-order valence-electron chi connectivity index (χ4n) is 8.74. The first kappa shape index (κ1) is 31.7. The van der Waals surface area contributed by atoms with E-state index in [1.807, 2.05) is 30.3 Å². The standard InChI is InChI=1S/C51H32N4O2/c1-3-11-31(12-4-1)32-19-21-33(22-20-32)49-52-50(54-51(53-49)35-23-25-38-37-15-8-10-18-44(37)56-46(38)30-35)34-24-28-45-41(29-34)39-26-27-43-47(48(39)57-45)40-16-7-9-17-42(40)55(43)36-13-5-2-6-14-36/h1-30,39,48H. The van der Waals surface area contributed by atoms with Gasteiger partial charge in [-0.2, -0.15) is 0 Å². The zero-order valence-corrected chi connectivity index (χ0v) is 30.6. The minimum atomic E-state index is -0.159.